The Hall–Kier alpha value is 0.110. The molecule has 1 amide bonds. The number of halogens is 3. The number of hydrogen-bond donors (Lipinski definition) is 1. The van der Waals surface area contributed by atoms with Crippen LogP contribution in [0.15, 0.2) is 15.9 Å². The highest BCUT2D eigenvalue weighted by molar-refractivity contribution is 9.11. The zero-order valence-electron chi connectivity index (χ0n) is 13.4. The van der Waals surface area contributed by atoms with Gasteiger partial charge in [-0.3, -0.25) is 9.69 Å². The number of piperazine rings is 1. The molecule has 0 aliphatic carbocycles. The normalized spacial score (nSPS) is 21.7. The average Bonchev–Trinajstić information content (AvgIpc) is 2.94. The molecule has 1 unspecified atom stereocenters. The number of rotatable bonds is 4. The summed E-state index contributed by atoms with van der Waals surface area (Å²) in [6.07, 6.45) is 0.553. The molecule has 0 saturated carbocycles. The molecule has 24 heavy (non-hydrogen) atoms. The second kappa shape index (κ2) is 11.0. The lowest BCUT2D eigenvalue weighted by atomic mass is 10.1. The number of hydrogen-bond acceptors (Lipinski definition) is 5. The minimum atomic E-state index is 0. The maximum atomic E-state index is 12.3. The molecule has 0 spiro atoms. The van der Waals surface area contributed by atoms with Gasteiger partial charge in [-0.1, -0.05) is 0 Å². The largest absolute Gasteiger partial charge is 0.378 e. The Morgan fingerprint density at radius 3 is 2.62 bits per heavy atom. The van der Waals surface area contributed by atoms with Crippen molar-refractivity contribution in [1.82, 2.24) is 15.1 Å². The van der Waals surface area contributed by atoms with E-state index in [0.29, 0.717) is 13.0 Å². The van der Waals surface area contributed by atoms with Crippen LogP contribution in [0.5, 0.6) is 0 Å². The first-order valence-corrected chi connectivity index (χ1v) is 9.37. The number of carbonyl (C=O) groups is 1. The molecule has 5 nitrogen and oxygen atoms in total. The van der Waals surface area contributed by atoms with E-state index in [-0.39, 0.29) is 36.8 Å². The summed E-state index contributed by atoms with van der Waals surface area (Å²) in [5, 5.41) is 3.35. The molecule has 2 aliphatic heterocycles. The molecule has 1 aromatic heterocycles. The van der Waals surface area contributed by atoms with Gasteiger partial charge in [-0.05, 0) is 28.1 Å². The molecule has 3 rings (SSSR count). The van der Waals surface area contributed by atoms with E-state index in [1.54, 1.807) is 11.3 Å². The third-order valence-electron chi connectivity index (χ3n) is 4.15. The zero-order valence-corrected chi connectivity index (χ0v) is 17.4. The van der Waals surface area contributed by atoms with Gasteiger partial charge in [0.2, 0.25) is 5.91 Å². The molecule has 2 aliphatic rings. The summed E-state index contributed by atoms with van der Waals surface area (Å²) >= 11 is 5.29. The first kappa shape index (κ1) is 22.2. The van der Waals surface area contributed by atoms with Crippen LogP contribution in [0.2, 0.25) is 0 Å². The van der Waals surface area contributed by atoms with Crippen LogP contribution < -0.4 is 5.32 Å². The van der Waals surface area contributed by atoms with Crippen molar-refractivity contribution in [3.05, 3.63) is 20.8 Å². The molecule has 3 heterocycles. The van der Waals surface area contributed by atoms with Gasteiger partial charge >= 0.3 is 0 Å². The minimum Gasteiger partial charge on any atom is -0.378 e. The standard InChI is InChI=1S/C15H22BrN3O2S.2ClH/c16-14-2-1-13(22-14)10-18-4-6-19(7-5-18)15(20)9-12-11-21-8-3-17-12;;/h1-2,12,17H,3-11H2;2*1H. The fourth-order valence-electron chi connectivity index (χ4n) is 2.90. The van der Waals surface area contributed by atoms with Crippen LogP contribution in [0.3, 0.4) is 0 Å². The first-order chi connectivity index (χ1) is 10.7. The van der Waals surface area contributed by atoms with Gasteiger partial charge < -0.3 is 15.0 Å². The summed E-state index contributed by atoms with van der Waals surface area (Å²) in [4.78, 5) is 18.1. The second-order valence-electron chi connectivity index (χ2n) is 5.79. The topological polar surface area (TPSA) is 44.8 Å². The van der Waals surface area contributed by atoms with Crippen LogP contribution in [-0.4, -0.2) is 67.7 Å². The van der Waals surface area contributed by atoms with Crippen molar-refractivity contribution in [2.24, 2.45) is 0 Å². The maximum Gasteiger partial charge on any atom is 0.224 e. The molecule has 138 valence electrons. The lowest BCUT2D eigenvalue weighted by Crippen LogP contribution is -2.51. The lowest BCUT2D eigenvalue weighted by Gasteiger charge is -2.35. The van der Waals surface area contributed by atoms with Gasteiger partial charge in [-0.25, -0.2) is 0 Å². The van der Waals surface area contributed by atoms with Gasteiger partial charge in [-0.15, -0.1) is 36.2 Å². The predicted molar refractivity (Wildman–Crippen MR) is 106 cm³/mol. The van der Waals surface area contributed by atoms with Gasteiger partial charge in [0.25, 0.3) is 0 Å². The van der Waals surface area contributed by atoms with Gasteiger partial charge in [0, 0.05) is 56.6 Å². The Balaban J connectivity index is 0.00000144. The highest BCUT2D eigenvalue weighted by Crippen LogP contribution is 2.23. The highest BCUT2D eigenvalue weighted by Gasteiger charge is 2.24. The monoisotopic (exact) mass is 459 g/mol. The lowest BCUT2D eigenvalue weighted by molar-refractivity contribution is -0.134. The van der Waals surface area contributed by atoms with Crippen molar-refractivity contribution < 1.29 is 9.53 Å². The van der Waals surface area contributed by atoms with Crippen molar-refractivity contribution >= 4 is 58.0 Å². The fourth-order valence-corrected chi connectivity index (χ4v) is 4.43. The van der Waals surface area contributed by atoms with E-state index in [1.807, 2.05) is 4.90 Å². The number of nitrogens with zero attached hydrogens (tertiary/aromatic N) is 2. The van der Waals surface area contributed by atoms with Gasteiger partial charge in [0.15, 0.2) is 0 Å². The minimum absolute atomic E-state index is 0. The molecular weight excluding hydrogens is 437 g/mol. The van der Waals surface area contributed by atoms with Crippen LogP contribution >= 0.6 is 52.1 Å². The van der Waals surface area contributed by atoms with E-state index in [1.165, 1.54) is 8.66 Å². The van der Waals surface area contributed by atoms with Crippen LogP contribution in [0, 0.1) is 0 Å². The molecule has 1 atom stereocenters. The molecule has 0 radical (unpaired) electrons. The Morgan fingerprint density at radius 1 is 1.29 bits per heavy atom. The summed E-state index contributed by atoms with van der Waals surface area (Å²) in [7, 11) is 0. The number of amides is 1. The molecule has 1 N–H and O–H groups in total. The van der Waals surface area contributed by atoms with Gasteiger partial charge in [0.1, 0.15) is 0 Å². The molecule has 2 fully saturated rings. The van der Waals surface area contributed by atoms with Crippen molar-refractivity contribution in [3.8, 4) is 0 Å². The summed E-state index contributed by atoms with van der Waals surface area (Å²) < 4.78 is 6.59. The van der Waals surface area contributed by atoms with Crippen molar-refractivity contribution in [1.29, 1.82) is 0 Å². The molecule has 1 aromatic rings. The van der Waals surface area contributed by atoms with Crippen molar-refractivity contribution in [2.75, 3.05) is 45.9 Å². The van der Waals surface area contributed by atoms with Crippen molar-refractivity contribution in [3.63, 3.8) is 0 Å². The van der Waals surface area contributed by atoms with Crippen LogP contribution in [0.25, 0.3) is 0 Å². The molecule has 2 saturated heterocycles. The van der Waals surface area contributed by atoms with Crippen LogP contribution in [0.1, 0.15) is 11.3 Å². The summed E-state index contributed by atoms with van der Waals surface area (Å²) in [5.41, 5.74) is 0. The van der Waals surface area contributed by atoms with Gasteiger partial charge in [0.05, 0.1) is 17.0 Å². The smallest absolute Gasteiger partial charge is 0.224 e. The number of thiophene rings is 1. The van der Waals surface area contributed by atoms with E-state index < -0.39 is 0 Å². The number of ether oxygens (including phenoxy) is 1. The highest BCUT2D eigenvalue weighted by atomic mass is 79.9. The number of morpholine rings is 1. The summed E-state index contributed by atoms with van der Waals surface area (Å²) in [5.74, 6) is 0.251. The zero-order chi connectivity index (χ0) is 15.4. The van der Waals surface area contributed by atoms with E-state index >= 15 is 0 Å². The molecule has 9 heteroatoms. The predicted octanol–water partition coefficient (Wildman–Crippen LogP) is 2.38. The van der Waals surface area contributed by atoms with Crippen molar-refractivity contribution in [2.45, 2.75) is 19.0 Å². The van der Waals surface area contributed by atoms with Crippen LogP contribution in [-0.2, 0) is 16.1 Å². The Bertz CT molecular complexity index is 507. The second-order valence-corrected chi connectivity index (χ2v) is 8.34. The maximum absolute atomic E-state index is 12.3. The summed E-state index contributed by atoms with van der Waals surface area (Å²) in [6, 6.07) is 4.45. The Morgan fingerprint density at radius 2 is 2.04 bits per heavy atom. The SMILES string of the molecule is Cl.Cl.O=C(CC1COCCN1)N1CCN(Cc2ccc(Br)s2)CC1. The van der Waals surface area contributed by atoms with Crippen LogP contribution in [0.4, 0.5) is 0 Å². The molecular formula is C15H24BrCl2N3O2S. The Kier molecular flexibility index (Phi) is 10.1. The quantitative estimate of drug-likeness (QED) is 0.749. The fraction of sp³-hybridized carbons (Fsp3) is 0.667. The third kappa shape index (κ3) is 6.44. The van der Waals surface area contributed by atoms with Gasteiger partial charge in [-0.2, -0.15) is 0 Å². The van der Waals surface area contributed by atoms with E-state index in [0.717, 1.165) is 45.9 Å². The molecule has 0 aromatic carbocycles. The summed E-state index contributed by atoms with van der Waals surface area (Å²) in [6.45, 7) is 6.81. The van der Waals surface area contributed by atoms with E-state index in [4.69, 9.17) is 4.74 Å². The number of carbonyl (C=O) groups excluding carboxylic acids is 1. The van der Waals surface area contributed by atoms with E-state index in [9.17, 15) is 4.79 Å². The number of nitrogens with one attached hydrogen (secondary N) is 1. The average molecular weight is 461 g/mol. The third-order valence-corrected chi connectivity index (χ3v) is 5.76. The first-order valence-electron chi connectivity index (χ1n) is 7.76. The van der Waals surface area contributed by atoms with E-state index in [2.05, 4.69) is 38.3 Å². The molecule has 0 bridgehead atoms. The Labute approximate surface area is 168 Å².